The molecule has 4 aromatic rings. The fraction of sp³-hybridized carbons (Fsp3) is 0.300. The van der Waals surface area contributed by atoms with Gasteiger partial charge in [-0.15, -0.1) is 0 Å². The van der Waals surface area contributed by atoms with Gasteiger partial charge in [0.25, 0.3) is 0 Å². The molecule has 5 rings (SSSR count). The number of nitrogens with one attached hydrogen (secondary N) is 1. The Kier molecular flexibility index (Phi) is 8.63. The SMILES string of the molecule is COc1cccc(Cc2nsc(N3CCN(CCNC(=O)C(c4ccccc4)c4ccccc4)CC3)n2)c1. The first-order valence-electron chi connectivity index (χ1n) is 13.0. The largest absolute Gasteiger partial charge is 0.497 e. The molecule has 1 N–H and O–H groups in total. The molecule has 0 radical (unpaired) electrons. The fourth-order valence-electron chi connectivity index (χ4n) is 4.80. The van der Waals surface area contributed by atoms with Crippen LogP contribution in [0.4, 0.5) is 5.13 Å². The highest BCUT2D eigenvalue weighted by molar-refractivity contribution is 7.09. The van der Waals surface area contributed by atoms with E-state index in [9.17, 15) is 4.79 Å². The second kappa shape index (κ2) is 12.7. The van der Waals surface area contributed by atoms with Crippen LogP contribution in [0.5, 0.6) is 5.75 Å². The number of benzene rings is 3. The first-order chi connectivity index (χ1) is 18.7. The van der Waals surface area contributed by atoms with E-state index in [-0.39, 0.29) is 11.8 Å². The zero-order valence-corrected chi connectivity index (χ0v) is 22.4. The number of methoxy groups -OCH3 is 1. The van der Waals surface area contributed by atoms with E-state index in [1.807, 2.05) is 78.9 Å². The van der Waals surface area contributed by atoms with Crippen LogP contribution in [-0.2, 0) is 11.2 Å². The number of carbonyl (C=O) groups is 1. The standard InChI is InChI=1S/C30H33N5O2S/c1-37-26-14-8-9-23(21-26)22-27-32-30(38-33-27)35-19-17-34(18-20-35)16-15-31-29(36)28(24-10-4-2-5-11-24)25-12-6-3-7-13-25/h2-14,21,28H,15-20,22H2,1H3,(H,31,36). The number of rotatable bonds is 10. The lowest BCUT2D eigenvalue weighted by Gasteiger charge is -2.34. The third-order valence-corrected chi connectivity index (χ3v) is 7.67. The maximum atomic E-state index is 13.2. The summed E-state index contributed by atoms with van der Waals surface area (Å²) in [6.07, 6.45) is 0.695. The highest BCUT2D eigenvalue weighted by Crippen LogP contribution is 2.25. The number of ether oxygens (including phenoxy) is 1. The van der Waals surface area contributed by atoms with Gasteiger partial charge in [-0.3, -0.25) is 9.69 Å². The Bertz CT molecular complexity index is 1270. The number of carbonyl (C=O) groups excluding carboxylic acids is 1. The number of nitrogens with zero attached hydrogens (tertiary/aromatic N) is 4. The van der Waals surface area contributed by atoms with Crippen molar-refractivity contribution in [3.05, 3.63) is 107 Å². The summed E-state index contributed by atoms with van der Waals surface area (Å²) < 4.78 is 9.91. The average Bonchev–Trinajstić information content (AvgIpc) is 3.43. The molecule has 196 valence electrons. The molecule has 1 amide bonds. The minimum absolute atomic E-state index is 0.0402. The van der Waals surface area contributed by atoms with E-state index in [0.717, 1.165) is 66.1 Å². The summed E-state index contributed by atoms with van der Waals surface area (Å²) >= 11 is 1.47. The second-order valence-electron chi connectivity index (χ2n) is 9.40. The van der Waals surface area contributed by atoms with E-state index in [4.69, 9.17) is 9.72 Å². The van der Waals surface area contributed by atoms with E-state index in [2.05, 4.69) is 25.6 Å². The van der Waals surface area contributed by atoms with Crippen LogP contribution < -0.4 is 15.0 Å². The maximum absolute atomic E-state index is 13.2. The molecule has 0 unspecified atom stereocenters. The van der Waals surface area contributed by atoms with Gasteiger partial charge in [-0.25, -0.2) is 4.98 Å². The number of piperazine rings is 1. The van der Waals surface area contributed by atoms with E-state index in [1.165, 1.54) is 11.5 Å². The molecule has 0 saturated carbocycles. The molecule has 1 aromatic heterocycles. The van der Waals surface area contributed by atoms with Gasteiger partial charge in [-0.1, -0.05) is 72.8 Å². The second-order valence-corrected chi connectivity index (χ2v) is 10.1. The monoisotopic (exact) mass is 527 g/mol. The smallest absolute Gasteiger partial charge is 0.232 e. The molecule has 1 aliphatic heterocycles. The van der Waals surface area contributed by atoms with Crippen LogP contribution >= 0.6 is 11.5 Å². The molecular formula is C30H33N5O2S. The molecule has 1 saturated heterocycles. The molecular weight excluding hydrogens is 494 g/mol. The third kappa shape index (κ3) is 6.57. The van der Waals surface area contributed by atoms with Crippen molar-refractivity contribution in [3.8, 4) is 5.75 Å². The van der Waals surface area contributed by atoms with Crippen LogP contribution in [0, 0.1) is 0 Å². The lowest BCUT2D eigenvalue weighted by Crippen LogP contribution is -2.48. The number of amides is 1. The molecule has 2 heterocycles. The predicted molar refractivity (Wildman–Crippen MR) is 152 cm³/mol. The van der Waals surface area contributed by atoms with Crippen molar-refractivity contribution in [1.29, 1.82) is 0 Å². The highest BCUT2D eigenvalue weighted by Gasteiger charge is 2.23. The minimum atomic E-state index is -0.308. The zero-order chi connectivity index (χ0) is 26.2. The normalized spacial score (nSPS) is 14.0. The van der Waals surface area contributed by atoms with Crippen molar-refractivity contribution in [1.82, 2.24) is 19.6 Å². The van der Waals surface area contributed by atoms with Gasteiger partial charge in [0.15, 0.2) is 0 Å². The van der Waals surface area contributed by atoms with Gasteiger partial charge >= 0.3 is 0 Å². The van der Waals surface area contributed by atoms with Crippen molar-refractivity contribution in [2.75, 3.05) is 51.3 Å². The Morgan fingerprint density at radius 1 is 0.947 bits per heavy atom. The lowest BCUT2D eigenvalue weighted by molar-refractivity contribution is -0.121. The Labute approximate surface area is 228 Å². The summed E-state index contributed by atoms with van der Waals surface area (Å²) in [7, 11) is 1.68. The molecule has 0 atom stereocenters. The van der Waals surface area contributed by atoms with Crippen LogP contribution in [0.3, 0.4) is 0 Å². The zero-order valence-electron chi connectivity index (χ0n) is 21.6. The number of aromatic nitrogens is 2. The van der Waals surface area contributed by atoms with Gasteiger partial charge in [-0.2, -0.15) is 4.37 Å². The summed E-state index contributed by atoms with van der Waals surface area (Å²) in [5, 5.41) is 4.16. The summed E-state index contributed by atoms with van der Waals surface area (Å²) in [5.41, 5.74) is 3.16. The van der Waals surface area contributed by atoms with Crippen LogP contribution in [-0.4, -0.2) is 66.5 Å². The van der Waals surface area contributed by atoms with Gasteiger partial charge in [-0.05, 0) is 28.8 Å². The van der Waals surface area contributed by atoms with Crippen LogP contribution in [0.25, 0.3) is 0 Å². The molecule has 1 aliphatic rings. The van der Waals surface area contributed by atoms with Crippen molar-refractivity contribution < 1.29 is 9.53 Å². The van der Waals surface area contributed by atoms with E-state index in [0.29, 0.717) is 13.0 Å². The van der Waals surface area contributed by atoms with Gasteiger partial charge < -0.3 is 15.0 Å². The predicted octanol–water partition coefficient (Wildman–Crippen LogP) is 4.21. The number of hydrogen-bond acceptors (Lipinski definition) is 7. The van der Waals surface area contributed by atoms with Gasteiger partial charge in [0.05, 0.1) is 13.0 Å². The summed E-state index contributed by atoms with van der Waals surface area (Å²) in [4.78, 5) is 22.7. The Morgan fingerprint density at radius 2 is 1.63 bits per heavy atom. The maximum Gasteiger partial charge on any atom is 0.232 e. The third-order valence-electron chi connectivity index (χ3n) is 6.85. The van der Waals surface area contributed by atoms with Gasteiger partial charge in [0, 0.05) is 57.2 Å². The molecule has 0 aliphatic carbocycles. The topological polar surface area (TPSA) is 70.6 Å². The minimum Gasteiger partial charge on any atom is -0.497 e. The van der Waals surface area contributed by atoms with Gasteiger partial charge in [0.2, 0.25) is 11.0 Å². The molecule has 3 aromatic carbocycles. The fourth-order valence-corrected chi connectivity index (χ4v) is 5.53. The molecule has 7 nitrogen and oxygen atoms in total. The summed E-state index contributed by atoms with van der Waals surface area (Å²) in [5.74, 6) is 1.42. The molecule has 38 heavy (non-hydrogen) atoms. The summed E-state index contributed by atoms with van der Waals surface area (Å²) in [6.45, 7) is 5.12. The average molecular weight is 528 g/mol. The molecule has 0 spiro atoms. The van der Waals surface area contributed by atoms with E-state index < -0.39 is 0 Å². The van der Waals surface area contributed by atoms with E-state index in [1.54, 1.807) is 7.11 Å². The first kappa shape index (κ1) is 25.9. The van der Waals surface area contributed by atoms with E-state index >= 15 is 0 Å². The van der Waals surface area contributed by atoms with Crippen LogP contribution in [0.2, 0.25) is 0 Å². The Hall–Kier alpha value is -3.75. The van der Waals surface area contributed by atoms with Crippen LogP contribution in [0.15, 0.2) is 84.9 Å². The number of hydrogen-bond donors (Lipinski definition) is 1. The number of anilines is 1. The first-order valence-corrected chi connectivity index (χ1v) is 13.8. The van der Waals surface area contributed by atoms with Crippen molar-refractivity contribution in [3.63, 3.8) is 0 Å². The van der Waals surface area contributed by atoms with Crippen molar-refractivity contribution in [2.45, 2.75) is 12.3 Å². The lowest BCUT2D eigenvalue weighted by atomic mass is 9.90. The van der Waals surface area contributed by atoms with Crippen molar-refractivity contribution in [2.24, 2.45) is 0 Å². The molecule has 8 heteroatoms. The molecule has 0 bridgehead atoms. The molecule has 1 fully saturated rings. The van der Waals surface area contributed by atoms with Crippen LogP contribution in [0.1, 0.15) is 28.4 Å². The Balaban J connectivity index is 1.10. The van der Waals surface area contributed by atoms with Crippen molar-refractivity contribution >= 4 is 22.6 Å². The van der Waals surface area contributed by atoms with Gasteiger partial charge in [0.1, 0.15) is 11.6 Å². The Morgan fingerprint density at radius 3 is 2.29 bits per heavy atom. The quantitative estimate of drug-likeness (QED) is 0.333. The highest BCUT2D eigenvalue weighted by atomic mass is 32.1. The summed E-state index contributed by atoms with van der Waals surface area (Å²) in [6, 6.07) is 28.0.